The molecule has 23 heavy (non-hydrogen) atoms. The Morgan fingerprint density at radius 1 is 1.00 bits per heavy atom. The molecule has 0 saturated heterocycles. The van der Waals surface area contributed by atoms with Crippen molar-refractivity contribution in [3.05, 3.63) is 23.3 Å². The van der Waals surface area contributed by atoms with E-state index in [0.717, 1.165) is 36.8 Å². The summed E-state index contributed by atoms with van der Waals surface area (Å²) < 4.78 is 0. The average Bonchev–Trinajstić information content (AvgIpc) is 2.35. The molecular formula is C18H30O5. The molecule has 5 nitrogen and oxygen atoms in total. The van der Waals surface area contributed by atoms with E-state index >= 15 is 0 Å². The fourth-order valence-corrected chi connectivity index (χ4v) is 2.70. The van der Waals surface area contributed by atoms with Gasteiger partial charge in [-0.25, -0.2) is 4.79 Å². The number of carboxylic acid groups (broad SMARTS) is 2. The molecule has 0 radical (unpaired) electrons. The Bertz CT molecular complexity index is 450. The lowest BCUT2D eigenvalue weighted by Crippen LogP contribution is -2.21. The normalized spacial score (nSPS) is 16.7. The number of hydrogen-bond donors (Lipinski definition) is 3. The van der Waals surface area contributed by atoms with E-state index in [1.165, 1.54) is 6.08 Å². The van der Waals surface area contributed by atoms with E-state index in [1.807, 2.05) is 19.9 Å². The average molecular weight is 326 g/mol. The van der Waals surface area contributed by atoms with Gasteiger partial charge in [0.1, 0.15) is 0 Å². The van der Waals surface area contributed by atoms with Gasteiger partial charge in [-0.05, 0) is 44.1 Å². The maximum absolute atomic E-state index is 10.6. The van der Waals surface area contributed by atoms with Crippen molar-refractivity contribution in [3.63, 3.8) is 0 Å². The fraction of sp³-hybridized carbons (Fsp3) is 0.667. The summed E-state index contributed by atoms with van der Waals surface area (Å²) >= 11 is 0. The van der Waals surface area contributed by atoms with Gasteiger partial charge in [-0.3, -0.25) is 4.79 Å². The number of rotatable bonds is 11. The van der Waals surface area contributed by atoms with Crippen molar-refractivity contribution in [1.29, 1.82) is 0 Å². The number of aliphatic carboxylic acids is 2. The Morgan fingerprint density at radius 3 is 2.13 bits per heavy atom. The summed E-state index contributed by atoms with van der Waals surface area (Å²) in [6, 6.07) is 0. The maximum Gasteiger partial charge on any atom is 0.328 e. The van der Waals surface area contributed by atoms with Crippen molar-refractivity contribution in [1.82, 2.24) is 0 Å². The van der Waals surface area contributed by atoms with Gasteiger partial charge in [0, 0.05) is 6.08 Å². The first-order valence-corrected chi connectivity index (χ1v) is 8.10. The van der Waals surface area contributed by atoms with Crippen LogP contribution < -0.4 is 0 Å². The van der Waals surface area contributed by atoms with Crippen LogP contribution in [0.2, 0.25) is 0 Å². The summed E-state index contributed by atoms with van der Waals surface area (Å²) in [5.74, 6) is -1.46. The zero-order valence-corrected chi connectivity index (χ0v) is 14.6. The molecule has 0 aliphatic rings. The smallest absolute Gasteiger partial charge is 0.328 e. The standard InChI is InChI=1S/C18H30O5/c1-12(8-13(2)9-14(3)10-17(20)21)6-5-7-15(4)16(19)11-18(22)23/h9-10,12,15-16,19H,5-8,11H2,1-4H3,(H,20,21)(H,22,23)/b13-9+,14-10-/t12-,15+,16-/m0/s1. The second kappa shape index (κ2) is 11.0. The van der Waals surface area contributed by atoms with E-state index in [9.17, 15) is 14.7 Å². The van der Waals surface area contributed by atoms with E-state index in [0.29, 0.717) is 5.92 Å². The molecule has 5 heteroatoms. The minimum atomic E-state index is -0.969. The van der Waals surface area contributed by atoms with Crippen LogP contribution in [0, 0.1) is 11.8 Å². The SMILES string of the molecule is CC(=C/C(=O)O)/C=C(\C)C[C@@H](C)CCC[C@@H](C)[C@@H](O)CC(=O)O. The molecule has 0 aliphatic heterocycles. The fourth-order valence-electron chi connectivity index (χ4n) is 2.70. The molecule has 3 atom stereocenters. The van der Waals surface area contributed by atoms with Crippen LogP contribution in [-0.4, -0.2) is 33.4 Å². The Kier molecular flexibility index (Phi) is 10.2. The number of allylic oxidation sites excluding steroid dienone is 3. The molecular weight excluding hydrogens is 296 g/mol. The predicted octanol–water partition coefficient (Wildman–Crippen LogP) is 3.63. The van der Waals surface area contributed by atoms with Gasteiger partial charge in [0.05, 0.1) is 12.5 Å². The molecule has 0 saturated carbocycles. The largest absolute Gasteiger partial charge is 0.481 e. The Balaban J connectivity index is 4.16. The summed E-state index contributed by atoms with van der Waals surface area (Å²) in [5.41, 5.74) is 1.87. The van der Waals surface area contributed by atoms with E-state index < -0.39 is 18.0 Å². The van der Waals surface area contributed by atoms with Gasteiger partial charge in [-0.1, -0.05) is 38.3 Å². The number of carboxylic acids is 2. The minimum absolute atomic E-state index is 0.0179. The Labute approximate surface area is 138 Å². The van der Waals surface area contributed by atoms with Crippen molar-refractivity contribution in [3.8, 4) is 0 Å². The molecule has 0 aliphatic carbocycles. The second-order valence-corrected chi connectivity index (χ2v) is 6.60. The van der Waals surface area contributed by atoms with Crippen LogP contribution in [0.3, 0.4) is 0 Å². The Hall–Kier alpha value is -1.62. The highest BCUT2D eigenvalue weighted by atomic mass is 16.4. The zero-order valence-electron chi connectivity index (χ0n) is 14.6. The van der Waals surface area contributed by atoms with Crippen LogP contribution in [0.15, 0.2) is 23.3 Å². The van der Waals surface area contributed by atoms with Crippen LogP contribution in [-0.2, 0) is 9.59 Å². The Morgan fingerprint density at radius 2 is 1.61 bits per heavy atom. The third-order valence-corrected chi connectivity index (χ3v) is 3.89. The molecule has 0 amide bonds. The van der Waals surface area contributed by atoms with E-state index in [4.69, 9.17) is 10.2 Å². The zero-order chi connectivity index (χ0) is 18.0. The van der Waals surface area contributed by atoms with Gasteiger partial charge in [-0.15, -0.1) is 0 Å². The number of aliphatic hydroxyl groups is 1. The van der Waals surface area contributed by atoms with Crippen LogP contribution >= 0.6 is 0 Å². The van der Waals surface area contributed by atoms with Crippen molar-refractivity contribution in [2.75, 3.05) is 0 Å². The van der Waals surface area contributed by atoms with Crippen molar-refractivity contribution in [2.24, 2.45) is 11.8 Å². The van der Waals surface area contributed by atoms with Gasteiger partial charge in [0.25, 0.3) is 0 Å². The van der Waals surface area contributed by atoms with Gasteiger partial charge in [-0.2, -0.15) is 0 Å². The first-order valence-electron chi connectivity index (χ1n) is 8.10. The lowest BCUT2D eigenvalue weighted by Gasteiger charge is -2.18. The minimum Gasteiger partial charge on any atom is -0.481 e. The van der Waals surface area contributed by atoms with Crippen molar-refractivity contribution < 1.29 is 24.9 Å². The monoisotopic (exact) mass is 326 g/mol. The van der Waals surface area contributed by atoms with E-state index in [-0.39, 0.29) is 12.3 Å². The molecule has 0 bridgehead atoms. The summed E-state index contributed by atoms with van der Waals surface area (Å²) in [6.07, 6.45) is 5.74. The molecule has 0 spiro atoms. The maximum atomic E-state index is 10.6. The topological polar surface area (TPSA) is 94.8 Å². The number of carbonyl (C=O) groups is 2. The molecule has 0 heterocycles. The van der Waals surface area contributed by atoms with E-state index in [1.54, 1.807) is 6.92 Å². The lowest BCUT2D eigenvalue weighted by molar-refractivity contribution is -0.140. The van der Waals surface area contributed by atoms with Crippen LogP contribution in [0.5, 0.6) is 0 Å². The lowest BCUT2D eigenvalue weighted by atomic mass is 9.91. The molecule has 0 fully saturated rings. The molecule has 0 rings (SSSR count). The van der Waals surface area contributed by atoms with Crippen LogP contribution in [0.1, 0.15) is 59.8 Å². The molecule has 132 valence electrons. The molecule has 0 aromatic heterocycles. The third kappa shape index (κ3) is 11.6. The first-order chi connectivity index (χ1) is 10.6. The van der Waals surface area contributed by atoms with Crippen molar-refractivity contribution >= 4 is 11.9 Å². The van der Waals surface area contributed by atoms with Gasteiger partial charge >= 0.3 is 11.9 Å². The van der Waals surface area contributed by atoms with E-state index in [2.05, 4.69) is 6.92 Å². The predicted molar refractivity (Wildman–Crippen MR) is 90.2 cm³/mol. The van der Waals surface area contributed by atoms with Crippen LogP contribution in [0.25, 0.3) is 0 Å². The highest BCUT2D eigenvalue weighted by molar-refractivity contribution is 5.81. The number of hydrogen-bond acceptors (Lipinski definition) is 3. The molecule has 3 N–H and O–H groups in total. The summed E-state index contributed by atoms with van der Waals surface area (Å²) in [4.78, 5) is 21.1. The third-order valence-electron chi connectivity index (χ3n) is 3.89. The van der Waals surface area contributed by atoms with Crippen molar-refractivity contribution in [2.45, 2.75) is 65.9 Å². The van der Waals surface area contributed by atoms with Crippen LogP contribution in [0.4, 0.5) is 0 Å². The van der Waals surface area contributed by atoms with Gasteiger partial charge in [0.15, 0.2) is 0 Å². The first kappa shape index (κ1) is 21.4. The second-order valence-electron chi connectivity index (χ2n) is 6.60. The number of aliphatic hydroxyl groups excluding tert-OH is 1. The molecule has 0 aromatic rings. The molecule has 0 aromatic carbocycles. The summed E-state index contributed by atoms with van der Waals surface area (Å²) in [6.45, 7) is 7.79. The highest BCUT2D eigenvalue weighted by Crippen LogP contribution is 2.21. The molecule has 0 unspecified atom stereocenters. The quantitative estimate of drug-likeness (QED) is 0.398. The highest BCUT2D eigenvalue weighted by Gasteiger charge is 2.17. The summed E-state index contributed by atoms with van der Waals surface area (Å²) in [5, 5.41) is 27.1. The van der Waals surface area contributed by atoms with Gasteiger partial charge < -0.3 is 15.3 Å². The summed E-state index contributed by atoms with van der Waals surface area (Å²) in [7, 11) is 0. The van der Waals surface area contributed by atoms with Gasteiger partial charge in [0.2, 0.25) is 0 Å².